The number of carbonyl (C=O) groups excluding carboxylic acids is 1. The maximum Gasteiger partial charge on any atom is 0.323 e. The van der Waals surface area contributed by atoms with Crippen LogP contribution in [0.25, 0.3) is 0 Å². The molecule has 0 bridgehead atoms. The third kappa shape index (κ3) is 3.49. The SMILES string of the molecule is O=C(O)CN(C(=O)c1ccc[nH]c1=O)c1ccc(Cl)cc1. The van der Waals surface area contributed by atoms with E-state index >= 15 is 0 Å². The lowest BCUT2D eigenvalue weighted by molar-refractivity contribution is -0.135. The van der Waals surface area contributed by atoms with E-state index < -0.39 is 24.0 Å². The van der Waals surface area contributed by atoms with Crippen molar-refractivity contribution in [2.45, 2.75) is 0 Å². The van der Waals surface area contributed by atoms with Gasteiger partial charge in [0.05, 0.1) is 0 Å². The molecule has 2 aromatic rings. The van der Waals surface area contributed by atoms with E-state index in [-0.39, 0.29) is 5.56 Å². The van der Waals surface area contributed by atoms with Crippen LogP contribution < -0.4 is 10.5 Å². The number of halogens is 1. The minimum Gasteiger partial charge on any atom is -0.480 e. The summed E-state index contributed by atoms with van der Waals surface area (Å²) in [4.78, 5) is 38.4. The summed E-state index contributed by atoms with van der Waals surface area (Å²) in [6.45, 7) is -0.561. The molecular formula is C14H11ClN2O4. The molecule has 0 radical (unpaired) electrons. The Morgan fingerprint density at radius 2 is 1.86 bits per heavy atom. The van der Waals surface area contributed by atoms with Crippen LogP contribution in [-0.2, 0) is 4.79 Å². The number of benzene rings is 1. The normalized spacial score (nSPS) is 10.1. The van der Waals surface area contributed by atoms with E-state index in [4.69, 9.17) is 16.7 Å². The van der Waals surface area contributed by atoms with E-state index in [1.54, 1.807) is 0 Å². The van der Waals surface area contributed by atoms with Gasteiger partial charge in [0.15, 0.2) is 0 Å². The number of hydrogen-bond acceptors (Lipinski definition) is 3. The first-order valence-electron chi connectivity index (χ1n) is 5.96. The van der Waals surface area contributed by atoms with Crippen molar-refractivity contribution in [1.29, 1.82) is 0 Å². The lowest BCUT2D eigenvalue weighted by Crippen LogP contribution is -2.38. The van der Waals surface area contributed by atoms with Gasteiger partial charge >= 0.3 is 5.97 Å². The predicted molar refractivity (Wildman–Crippen MR) is 77.8 cm³/mol. The first-order chi connectivity index (χ1) is 9.99. The molecule has 0 saturated carbocycles. The van der Waals surface area contributed by atoms with Gasteiger partial charge in [-0.05, 0) is 36.4 Å². The second-order valence-corrected chi connectivity index (χ2v) is 4.61. The van der Waals surface area contributed by atoms with E-state index in [2.05, 4.69) is 4.98 Å². The van der Waals surface area contributed by atoms with Gasteiger partial charge in [-0.15, -0.1) is 0 Å². The molecule has 0 unspecified atom stereocenters. The third-order valence-corrected chi connectivity index (χ3v) is 2.98. The molecule has 0 aliphatic carbocycles. The molecule has 6 nitrogen and oxygen atoms in total. The van der Waals surface area contributed by atoms with Crippen LogP contribution >= 0.6 is 11.6 Å². The molecule has 7 heteroatoms. The Morgan fingerprint density at radius 1 is 1.19 bits per heavy atom. The number of aliphatic carboxylic acids is 1. The average molecular weight is 307 g/mol. The van der Waals surface area contributed by atoms with Gasteiger partial charge in [-0.3, -0.25) is 19.3 Å². The van der Waals surface area contributed by atoms with E-state index in [1.807, 2.05) is 0 Å². The number of hydrogen-bond donors (Lipinski definition) is 2. The highest BCUT2D eigenvalue weighted by Gasteiger charge is 2.22. The zero-order valence-corrected chi connectivity index (χ0v) is 11.5. The molecule has 1 aromatic heterocycles. The number of anilines is 1. The number of amides is 1. The molecule has 0 fully saturated rings. The van der Waals surface area contributed by atoms with Crippen molar-refractivity contribution in [1.82, 2.24) is 4.98 Å². The number of carboxylic acids is 1. The number of nitrogens with zero attached hydrogens (tertiary/aromatic N) is 1. The van der Waals surface area contributed by atoms with Gasteiger partial charge in [0.25, 0.3) is 11.5 Å². The van der Waals surface area contributed by atoms with Gasteiger partial charge in [-0.1, -0.05) is 11.6 Å². The van der Waals surface area contributed by atoms with Gasteiger partial charge in [-0.25, -0.2) is 0 Å². The fourth-order valence-electron chi connectivity index (χ4n) is 1.77. The highest BCUT2D eigenvalue weighted by molar-refractivity contribution is 6.30. The van der Waals surface area contributed by atoms with Crippen LogP contribution in [0.3, 0.4) is 0 Å². The molecule has 0 aliphatic heterocycles. The Balaban J connectivity index is 2.43. The maximum atomic E-state index is 12.4. The van der Waals surface area contributed by atoms with Crippen LogP contribution in [0.15, 0.2) is 47.4 Å². The summed E-state index contributed by atoms with van der Waals surface area (Å²) in [5.41, 5.74) is -0.365. The van der Waals surface area contributed by atoms with Crippen molar-refractivity contribution in [2.24, 2.45) is 0 Å². The number of carbonyl (C=O) groups is 2. The van der Waals surface area contributed by atoms with Crippen LogP contribution in [0.1, 0.15) is 10.4 Å². The highest BCUT2D eigenvalue weighted by Crippen LogP contribution is 2.19. The predicted octanol–water partition coefficient (Wildman–Crippen LogP) is 1.76. The molecule has 0 aliphatic rings. The van der Waals surface area contributed by atoms with Gasteiger partial charge in [0, 0.05) is 16.9 Å². The second kappa shape index (κ2) is 6.23. The average Bonchev–Trinajstić information content (AvgIpc) is 2.45. The minimum atomic E-state index is -1.19. The number of aromatic amines is 1. The smallest absolute Gasteiger partial charge is 0.323 e. The number of H-pyrrole nitrogens is 1. The standard InChI is InChI=1S/C14H11ClN2O4/c15-9-3-5-10(6-4-9)17(8-12(18)19)14(21)11-2-1-7-16-13(11)20/h1-7H,8H2,(H,16,20)(H,18,19). The molecule has 0 saturated heterocycles. The summed E-state index contributed by atoms with van der Waals surface area (Å²) >= 11 is 5.77. The van der Waals surface area contributed by atoms with Gasteiger partial charge in [0.2, 0.25) is 0 Å². The van der Waals surface area contributed by atoms with E-state index in [9.17, 15) is 14.4 Å². The summed E-state index contributed by atoms with van der Waals surface area (Å²) in [7, 11) is 0. The van der Waals surface area contributed by atoms with Crippen LogP contribution in [0.2, 0.25) is 5.02 Å². The van der Waals surface area contributed by atoms with Crippen molar-refractivity contribution in [3.05, 3.63) is 63.5 Å². The Labute approximate surface area is 124 Å². The van der Waals surface area contributed by atoms with Crippen molar-refractivity contribution < 1.29 is 14.7 Å². The summed E-state index contributed by atoms with van der Waals surface area (Å²) in [6.07, 6.45) is 1.39. The fourth-order valence-corrected chi connectivity index (χ4v) is 1.90. The molecule has 1 heterocycles. The number of rotatable bonds is 4. The van der Waals surface area contributed by atoms with E-state index in [0.717, 1.165) is 4.90 Å². The molecule has 1 amide bonds. The summed E-state index contributed by atoms with van der Waals surface area (Å²) in [5.74, 6) is -1.88. The number of aromatic nitrogens is 1. The Hall–Kier alpha value is -2.60. The Morgan fingerprint density at radius 3 is 2.43 bits per heavy atom. The van der Waals surface area contributed by atoms with Crippen LogP contribution in [0.4, 0.5) is 5.69 Å². The quantitative estimate of drug-likeness (QED) is 0.900. The topological polar surface area (TPSA) is 90.5 Å². The van der Waals surface area contributed by atoms with Crippen molar-refractivity contribution in [2.75, 3.05) is 11.4 Å². The number of pyridine rings is 1. The molecule has 2 rings (SSSR count). The van der Waals surface area contributed by atoms with Crippen LogP contribution in [0.5, 0.6) is 0 Å². The monoisotopic (exact) mass is 306 g/mol. The van der Waals surface area contributed by atoms with Gasteiger partial charge in [-0.2, -0.15) is 0 Å². The third-order valence-electron chi connectivity index (χ3n) is 2.73. The number of nitrogens with one attached hydrogen (secondary N) is 1. The summed E-state index contributed by atoms with van der Waals surface area (Å²) < 4.78 is 0. The Kier molecular flexibility index (Phi) is 4.39. The summed E-state index contributed by atoms with van der Waals surface area (Å²) in [5, 5.41) is 9.42. The lowest BCUT2D eigenvalue weighted by Gasteiger charge is -2.20. The molecule has 108 valence electrons. The highest BCUT2D eigenvalue weighted by atomic mass is 35.5. The van der Waals surface area contributed by atoms with Crippen molar-refractivity contribution in [3.63, 3.8) is 0 Å². The molecule has 0 atom stereocenters. The fraction of sp³-hybridized carbons (Fsp3) is 0.0714. The van der Waals surface area contributed by atoms with Gasteiger partial charge in [0.1, 0.15) is 12.1 Å². The Bertz CT molecular complexity index is 724. The molecular weight excluding hydrogens is 296 g/mol. The number of carboxylic acid groups (broad SMARTS) is 1. The van der Waals surface area contributed by atoms with Crippen molar-refractivity contribution in [3.8, 4) is 0 Å². The molecule has 2 N–H and O–H groups in total. The first kappa shape index (κ1) is 14.8. The molecule has 21 heavy (non-hydrogen) atoms. The largest absolute Gasteiger partial charge is 0.480 e. The first-order valence-corrected chi connectivity index (χ1v) is 6.34. The van der Waals surface area contributed by atoms with Crippen LogP contribution in [0, 0.1) is 0 Å². The molecule has 1 aromatic carbocycles. The van der Waals surface area contributed by atoms with E-state index in [0.29, 0.717) is 10.7 Å². The van der Waals surface area contributed by atoms with E-state index in [1.165, 1.54) is 42.6 Å². The maximum absolute atomic E-state index is 12.4. The zero-order valence-electron chi connectivity index (χ0n) is 10.7. The summed E-state index contributed by atoms with van der Waals surface area (Å²) in [6, 6.07) is 8.93. The van der Waals surface area contributed by atoms with Crippen LogP contribution in [-0.4, -0.2) is 28.5 Å². The second-order valence-electron chi connectivity index (χ2n) is 4.17. The molecule has 0 spiro atoms. The van der Waals surface area contributed by atoms with Gasteiger partial charge < -0.3 is 10.1 Å². The lowest BCUT2D eigenvalue weighted by atomic mass is 10.2. The van der Waals surface area contributed by atoms with Crippen molar-refractivity contribution >= 4 is 29.2 Å². The zero-order chi connectivity index (χ0) is 15.4. The minimum absolute atomic E-state index is 0.131.